The van der Waals surface area contributed by atoms with Crippen molar-refractivity contribution in [2.24, 2.45) is 7.05 Å². The molecule has 1 saturated carbocycles. The Labute approximate surface area is 135 Å². The smallest absolute Gasteiger partial charge is 0.288 e. The molecule has 1 aromatic heterocycles. The Kier molecular flexibility index (Phi) is 3.82. The Morgan fingerprint density at radius 1 is 1.30 bits per heavy atom. The number of carbonyl (C=O) groups excluding carboxylic acids is 1. The molecule has 0 unspecified atom stereocenters. The largest absolute Gasteiger partial charge is 0.378 e. The van der Waals surface area contributed by atoms with E-state index in [1.807, 2.05) is 0 Å². The SMILES string of the molecule is Cn1nc(C2CC2)nc1C(=O)NCC12COCCN1CCOC2. The molecule has 2 saturated heterocycles. The van der Waals surface area contributed by atoms with Gasteiger partial charge in [0.15, 0.2) is 5.82 Å². The molecule has 1 aromatic rings. The van der Waals surface area contributed by atoms with Crippen molar-refractivity contribution in [1.29, 1.82) is 0 Å². The minimum absolute atomic E-state index is 0.183. The van der Waals surface area contributed by atoms with Gasteiger partial charge in [0.1, 0.15) is 0 Å². The van der Waals surface area contributed by atoms with E-state index in [4.69, 9.17) is 9.47 Å². The van der Waals surface area contributed by atoms with Crippen molar-refractivity contribution in [3.8, 4) is 0 Å². The number of hydrogen-bond acceptors (Lipinski definition) is 6. The fourth-order valence-electron chi connectivity index (χ4n) is 3.34. The number of ether oxygens (including phenoxy) is 2. The zero-order valence-corrected chi connectivity index (χ0v) is 13.5. The van der Waals surface area contributed by atoms with E-state index in [2.05, 4.69) is 20.3 Å². The van der Waals surface area contributed by atoms with Crippen LogP contribution in [0.15, 0.2) is 0 Å². The highest BCUT2D eigenvalue weighted by Crippen LogP contribution is 2.38. The number of rotatable bonds is 4. The number of carbonyl (C=O) groups is 1. The number of hydrogen-bond donors (Lipinski definition) is 1. The number of nitrogens with zero attached hydrogens (tertiary/aromatic N) is 4. The second-order valence-electron chi connectivity index (χ2n) is 6.69. The number of morpholine rings is 2. The topological polar surface area (TPSA) is 81.5 Å². The third-order valence-corrected chi connectivity index (χ3v) is 4.93. The molecule has 0 spiro atoms. The van der Waals surface area contributed by atoms with Gasteiger partial charge < -0.3 is 14.8 Å². The third kappa shape index (κ3) is 2.86. The summed E-state index contributed by atoms with van der Waals surface area (Å²) in [5.41, 5.74) is -0.260. The van der Waals surface area contributed by atoms with Gasteiger partial charge >= 0.3 is 0 Å². The number of aryl methyl sites for hydroxylation is 1. The van der Waals surface area contributed by atoms with Crippen LogP contribution in [0.3, 0.4) is 0 Å². The van der Waals surface area contributed by atoms with Gasteiger partial charge in [0.25, 0.3) is 5.91 Å². The predicted molar refractivity (Wildman–Crippen MR) is 81.3 cm³/mol. The standard InChI is InChI=1S/C15H23N5O3/c1-19-13(17-12(18-19)11-2-3-11)14(21)16-8-15-9-22-6-4-20(15)5-7-23-10-15/h11H,2-10H2,1H3,(H,16,21). The van der Waals surface area contributed by atoms with Crippen molar-refractivity contribution in [2.75, 3.05) is 46.1 Å². The van der Waals surface area contributed by atoms with Crippen LogP contribution in [-0.2, 0) is 16.5 Å². The van der Waals surface area contributed by atoms with Gasteiger partial charge in [-0.25, -0.2) is 9.67 Å². The molecule has 1 amide bonds. The molecular weight excluding hydrogens is 298 g/mol. The van der Waals surface area contributed by atoms with Crippen molar-refractivity contribution in [3.63, 3.8) is 0 Å². The molecule has 3 heterocycles. The first-order chi connectivity index (χ1) is 11.2. The van der Waals surface area contributed by atoms with Crippen molar-refractivity contribution in [1.82, 2.24) is 25.0 Å². The van der Waals surface area contributed by atoms with E-state index in [0.717, 1.165) is 45.0 Å². The molecule has 2 aliphatic heterocycles. The summed E-state index contributed by atoms with van der Waals surface area (Å²) in [6.45, 7) is 4.91. The summed E-state index contributed by atoms with van der Waals surface area (Å²) in [6.07, 6.45) is 2.25. The van der Waals surface area contributed by atoms with Crippen LogP contribution in [0.2, 0.25) is 0 Å². The fraction of sp³-hybridized carbons (Fsp3) is 0.800. The van der Waals surface area contributed by atoms with Gasteiger partial charge in [-0.1, -0.05) is 0 Å². The monoisotopic (exact) mass is 321 g/mol. The molecule has 1 N–H and O–H groups in total. The van der Waals surface area contributed by atoms with Crippen molar-refractivity contribution >= 4 is 5.91 Å². The average molecular weight is 321 g/mol. The number of fused-ring (bicyclic) bond motifs is 1. The van der Waals surface area contributed by atoms with Crippen molar-refractivity contribution in [3.05, 3.63) is 11.6 Å². The zero-order valence-electron chi connectivity index (χ0n) is 13.5. The van der Waals surface area contributed by atoms with Crippen LogP contribution < -0.4 is 5.32 Å². The molecule has 8 heteroatoms. The van der Waals surface area contributed by atoms with E-state index in [-0.39, 0.29) is 11.4 Å². The molecule has 1 aliphatic carbocycles. The summed E-state index contributed by atoms with van der Waals surface area (Å²) in [5.74, 6) is 1.43. The summed E-state index contributed by atoms with van der Waals surface area (Å²) in [5, 5.41) is 7.36. The number of nitrogens with one attached hydrogen (secondary N) is 1. The molecule has 3 aliphatic rings. The van der Waals surface area contributed by atoms with E-state index in [0.29, 0.717) is 31.5 Å². The molecule has 3 fully saturated rings. The fourth-order valence-corrected chi connectivity index (χ4v) is 3.34. The normalized spacial score (nSPS) is 24.2. The lowest BCUT2D eigenvalue weighted by atomic mass is 9.96. The second-order valence-corrected chi connectivity index (χ2v) is 6.69. The van der Waals surface area contributed by atoms with E-state index in [9.17, 15) is 4.79 Å². The summed E-state index contributed by atoms with van der Waals surface area (Å²) in [7, 11) is 1.77. The minimum atomic E-state index is -0.260. The van der Waals surface area contributed by atoms with Gasteiger partial charge in [-0.05, 0) is 12.8 Å². The van der Waals surface area contributed by atoms with Crippen LogP contribution in [0.1, 0.15) is 35.2 Å². The van der Waals surface area contributed by atoms with E-state index in [1.54, 1.807) is 11.7 Å². The Balaban J connectivity index is 1.44. The van der Waals surface area contributed by atoms with Gasteiger partial charge in [-0.2, -0.15) is 5.10 Å². The first-order valence-corrected chi connectivity index (χ1v) is 8.28. The second kappa shape index (κ2) is 5.85. The quantitative estimate of drug-likeness (QED) is 0.807. The predicted octanol–water partition coefficient (Wildman–Crippen LogP) is -0.476. The van der Waals surface area contributed by atoms with Crippen LogP contribution in [0.5, 0.6) is 0 Å². The van der Waals surface area contributed by atoms with E-state index >= 15 is 0 Å². The number of aromatic nitrogens is 3. The highest BCUT2D eigenvalue weighted by Gasteiger charge is 2.42. The number of amides is 1. The molecule has 23 heavy (non-hydrogen) atoms. The molecule has 0 bridgehead atoms. The molecule has 126 valence electrons. The van der Waals surface area contributed by atoms with Crippen molar-refractivity contribution in [2.45, 2.75) is 24.3 Å². The first kappa shape index (κ1) is 15.0. The maximum Gasteiger partial charge on any atom is 0.288 e. The van der Waals surface area contributed by atoms with Crippen LogP contribution >= 0.6 is 0 Å². The zero-order chi connectivity index (χ0) is 15.9. The van der Waals surface area contributed by atoms with Crippen LogP contribution in [-0.4, -0.2) is 77.2 Å². The average Bonchev–Trinajstić information content (AvgIpc) is 3.35. The van der Waals surface area contributed by atoms with Gasteiger partial charge in [0, 0.05) is 32.6 Å². The Morgan fingerprint density at radius 3 is 2.65 bits per heavy atom. The van der Waals surface area contributed by atoms with Crippen LogP contribution in [0, 0.1) is 0 Å². The van der Waals surface area contributed by atoms with Crippen LogP contribution in [0.25, 0.3) is 0 Å². The highest BCUT2D eigenvalue weighted by atomic mass is 16.5. The molecule has 0 aromatic carbocycles. The maximum absolute atomic E-state index is 12.5. The maximum atomic E-state index is 12.5. The van der Waals surface area contributed by atoms with E-state index < -0.39 is 0 Å². The highest BCUT2D eigenvalue weighted by molar-refractivity contribution is 5.90. The van der Waals surface area contributed by atoms with Gasteiger partial charge in [-0.3, -0.25) is 9.69 Å². The molecule has 8 nitrogen and oxygen atoms in total. The summed E-state index contributed by atoms with van der Waals surface area (Å²) < 4.78 is 12.9. The van der Waals surface area contributed by atoms with E-state index in [1.165, 1.54) is 0 Å². The van der Waals surface area contributed by atoms with Gasteiger partial charge in [-0.15, -0.1) is 0 Å². The molecule has 4 rings (SSSR count). The summed E-state index contributed by atoms with van der Waals surface area (Å²) in [6, 6.07) is 0. The Bertz CT molecular complexity index is 586. The molecular formula is C15H23N5O3. The lowest BCUT2D eigenvalue weighted by molar-refractivity contribution is -0.139. The Hall–Kier alpha value is -1.51. The van der Waals surface area contributed by atoms with Crippen LogP contribution in [0.4, 0.5) is 0 Å². The summed E-state index contributed by atoms with van der Waals surface area (Å²) in [4.78, 5) is 19.3. The van der Waals surface area contributed by atoms with Gasteiger partial charge in [0.05, 0.1) is 32.0 Å². The first-order valence-electron chi connectivity index (χ1n) is 8.28. The summed E-state index contributed by atoms with van der Waals surface area (Å²) >= 11 is 0. The lowest BCUT2D eigenvalue weighted by Gasteiger charge is -2.49. The lowest BCUT2D eigenvalue weighted by Crippen LogP contribution is -2.67. The molecule has 0 atom stereocenters. The Morgan fingerprint density at radius 2 is 2.00 bits per heavy atom. The van der Waals surface area contributed by atoms with Gasteiger partial charge in [0.2, 0.25) is 5.82 Å². The molecule has 0 radical (unpaired) electrons. The minimum Gasteiger partial charge on any atom is -0.378 e. The third-order valence-electron chi connectivity index (χ3n) is 4.93. The van der Waals surface area contributed by atoms with Crippen molar-refractivity contribution < 1.29 is 14.3 Å².